The second-order valence-electron chi connectivity index (χ2n) is 16.6. The van der Waals surface area contributed by atoms with Crippen LogP contribution in [0.5, 0.6) is 0 Å². The highest BCUT2D eigenvalue weighted by atomic mass is 16.3. The van der Waals surface area contributed by atoms with Gasteiger partial charge >= 0.3 is 0 Å². The van der Waals surface area contributed by atoms with Gasteiger partial charge in [-0.3, -0.25) is 0 Å². The molecule has 0 bridgehead atoms. The lowest BCUT2D eigenvalue weighted by Gasteiger charge is -2.34. The molecule has 1 unspecified atom stereocenters. The maximum absolute atomic E-state index is 6.26. The van der Waals surface area contributed by atoms with Crippen molar-refractivity contribution in [1.29, 1.82) is 0 Å². The molecule has 0 saturated carbocycles. The number of hydrogen-bond acceptors (Lipinski definition) is 4. The van der Waals surface area contributed by atoms with E-state index in [9.17, 15) is 0 Å². The van der Waals surface area contributed by atoms with Crippen molar-refractivity contribution >= 4 is 33.1 Å². The standard InChI is InChI=1S/C59H41N3O/c1-3-4-19-46-45-22-10-14-27-51(45)59(49-25-12-8-20-43(49)44-21-9-13-26-50(44)59)55(46)42-35-34-41(36-37(42)2)38-30-32-40(33-31-38)57-60-56(39-17-6-5-7-18-39)61-58(62-57)48-24-16-29-53-54(48)47-23-11-15-28-52(47)63-53/h3-37H,1-2H3/b4-3-,46-19-,55-42-. The maximum atomic E-state index is 6.26. The Bertz CT molecular complexity index is 3430. The minimum absolute atomic E-state index is 0.140. The fraction of sp³-hybridized carbons (Fsp3) is 0.0678. The molecule has 9 aromatic rings. The van der Waals surface area contributed by atoms with Crippen molar-refractivity contribution in [3.8, 4) is 45.3 Å². The van der Waals surface area contributed by atoms with Gasteiger partial charge in [0, 0.05) is 33.4 Å². The highest BCUT2D eigenvalue weighted by Crippen LogP contribution is 2.65. The third-order valence-corrected chi connectivity index (χ3v) is 13.1. The maximum Gasteiger partial charge on any atom is 0.164 e. The molecule has 3 aliphatic rings. The summed E-state index contributed by atoms with van der Waals surface area (Å²) in [5.74, 6) is 1.99. The Balaban J connectivity index is 0.961. The fourth-order valence-electron chi connectivity index (χ4n) is 10.4. The summed E-state index contributed by atoms with van der Waals surface area (Å²) in [7, 11) is 0. The number of fused-ring (bicyclic) bond motifs is 10. The molecule has 4 nitrogen and oxygen atoms in total. The Hall–Kier alpha value is -7.95. The lowest BCUT2D eigenvalue weighted by Crippen LogP contribution is -2.28. The number of hydrogen-bond donors (Lipinski definition) is 0. The molecule has 1 spiro atoms. The smallest absolute Gasteiger partial charge is 0.164 e. The van der Waals surface area contributed by atoms with E-state index in [1.807, 2.05) is 60.7 Å². The normalized spacial score (nSPS) is 17.8. The van der Waals surface area contributed by atoms with Crippen LogP contribution in [0, 0.1) is 5.92 Å². The van der Waals surface area contributed by atoms with Crippen molar-refractivity contribution in [3.05, 3.63) is 245 Å². The van der Waals surface area contributed by atoms with E-state index in [1.54, 1.807) is 0 Å². The van der Waals surface area contributed by atoms with E-state index in [0.717, 1.165) is 44.2 Å². The van der Waals surface area contributed by atoms with Crippen molar-refractivity contribution in [2.45, 2.75) is 19.3 Å². The predicted molar refractivity (Wildman–Crippen MR) is 258 cm³/mol. The molecule has 0 amide bonds. The van der Waals surface area contributed by atoms with Crippen LogP contribution in [0.3, 0.4) is 0 Å². The van der Waals surface area contributed by atoms with Crippen molar-refractivity contribution in [2.75, 3.05) is 0 Å². The summed E-state index contributed by atoms with van der Waals surface area (Å²) in [4.78, 5) is 15.3. The Morgan fingerprint density at radius 1 is 0.508 bits per heavy atom. The first kappa shape index (κ1) is 36.9. The van der Waals surface area contributed by atoms with Gasteiger partial charge in [0.1, 0.15) is 11.2 Å². The summed E-state index contributed by atoms with van der Waals surface area (Å²) < 4.78 is 6.26. The van der Waals surface area contributed by atoms with Gasteiger partial charge < -0.3 is 4.42 Å². The van der Waals surface area contributed by atoms with Gasteiger partial charge in [-0.05, 0) is 80.3 Å². The van der Waals surface area contributed by atoms with Crippen LogP contribution in [0.15, 0.2) is 222 Å². The molecule has 0 fully saturated rings. The molecular formula is C59H41N3O. The summed E-state index contributed by atoms with van der Waals surface area (Å²) >= 11 is 0. The van der Waals surface area contributed by atoms with Gasteiger partial charge in [-0.2, -0.15) is 0 Å². The first-order valence-corrected chi connectivity index (χ1v) is 21.7. The van der Waals surface area contributed by atoms with E-state index >= 15 is 0 Å². The number of nitrogens with zero attached hydrogens (tertiary/aromatic N) is 3. The van der Waals surface area contributed by atoms with E-state index in [0.29, 0.717) is 17.5 Å². The molecule has 0 aliphatic heterocycles. The van der Waals surface area contributed by atoms with Gasteiger partial charge in [-0.25, -0.2) is 15.0 Å². The van der Waals surface area contributed by atoms with E-state index in [4.69, 9.17) is 19.4 Å². The molecule has 1 atom stereocenters. The van der Waals surface area contributed by atoms with Gasteiger partial charge in [-0.15, -0.1) is 0 Å². The van der Waals surface area contributed by atoms with Gasteiger partial charge in [-0.1, -0.05) is 201 Å². The third-order valence-electron chi connectivity index (χ3n) is 13.1. The van der Waals surface area contributed by atoms with Crippen LogP contribution in [0.1, 0.15) is 41.7 Å². The minimum Gasteiger partial charge on any atom is -0.456 e. The highest BCUT2D eigenvalue weighted by molar-refractivity contribution is 6.12. The second-order valence-corrected chi connectivity index (χ2v) is 16.6. The molecule has 2 heterocycles. The van der Waals surface area contributed by atoms with Crippen molar-refractivity contribution < 1.29 is 4.42 Å². The third kappa shape index (κ3) is 5.65. The Kier molecular flexibility index (Phi) is 8.55. The molecule has 63 heavy (non-hydrogen) atoms. The zero-order valence-corrected chi connectivity index (χ0v) is 35.0. The number of rotatable bonds is 5. The molecule has 0 saturated heterocycles. The average Bonchev–Trinajstić information content (AvgIpc) is 3.97. The SMILES string of the molecule is C\C=C/C=C1\C(=C2/C=CC(c3ccc(-c4nc(-c5ccccc5)nc(-c5cccc6oc7ccccc7c56)n4)cc3)=CC2C)C2(c3ccccc31)c1ccccc1-c1ccccc12. The largest absolute Gasteiger partial charge is 0.456 e. The van der Waals surface area contributed by atoms with Crippen molar-refractivity contribution in [3.63, 3.8) is 0 Å². The van der Waals surface area contributed by atoms with Gasteiger partial charge in [0.25, 0.3) is 0 Å². The van der Waals surface area contributed by atoms with Crippen LogP contribution in [-0.2, 0) is 5.41 Å². The summed E-state index contributed by atoms with van der Waals surface area (Å²) in [5, 5.41) is 2.03. The number of furan rings is 1. The molecule has 7 aromatic carbocycles. The van der Waals surface area contributed by atoms with Crippen LogP contribution in [0.25, 0.3) is 78.4 Å². The van der Waals surface area contributed by atoms with Crippen molar-refractivity contribution in [1.82, 2.24) is 15.0 Å². The van der Waals surface area contributed by atoms with Crippen LogP contribution in [-0.4, -0.2) is 15.0 Å². The topological polar surface area (TPSA) is 51.8 Å². The number of allylic oxidation sites excluding steroid dienone is 10. The monoisotopic (exact) mass is 807 g/mol. The zero-order valence-electron chi connectivity index (χ0n) is 35.0. The zero-order chi connectivity index (χ0) is 42.1. The van der Waals surface area contributed by atoms with Crippen LogP contribution in [0.2, 0.25) is 0 Å². The van der Waals surface area contributed by atoms with E-state index < -0.39 is 5.41 Å². The lowest BCUT2D eigenvalue weighted by molar-refractivity contribution is 0.669. The number of aromatic nitrogens is 3. The number of para-hydroxylation sites is 1. The molecule has 4 heteroatoms. The minimum atomic E-state index is -0.434. The molecule has 298 valence electrons. The lowest BCUT2D eigenvalue weighted by atomic mass is 9.67. The van der Waals surface area contributed by atoms with Crippen LogP contribution >= 0.6 is 0 Å². The molecule has 0 radical (unpaired) electrons. The first-order chi connectivity index (χ1) is 31.1. The molecule has 12 rings (SSSR count). The van der Waals surface area contributed by atoms with E-state index in [1.165, 1.54) is 55.7 Å². The van der Waals surface area contributed by atoms with Gasteiger partial charge in [0.15, 0.2) is 17.5 Å². The van der Waals surface area contributed by atoms with Gasteiger partial charge in [0.2, 0.25) is 0 Å². The Labute approximate surface area is 366 Å². The van der Waals surface area contributed by atoms with E-state index in [-0.39, 0.29) is 5.92 Å². The molecule has 3 aliphatic carbocycles. The van der Waals surface area contributed by atoms with E-state index in [2.05, 4.69) is 159 Å². The Morgan fingerprint density at radius 3 is 1.76 bits per heavy atom. The van der Waals surface area contributed by atoms with Crippen LogP contribution in [0.4, 0.5) is 0 Å². The molecule has 0 N–H and O–H groups in total. The summed E-state index contributed by atoms with van der Waals surface area (Å²) in [6.45, 7) is 4.44. The molecular weight excluding hydrogens is 767 g/mol. The second kappa shape index (κ2) is 14.6. The number of benzene rings is 7. The summed E-state index contributed by atoms with van der Waals surface area (Å²) in [5.41, 5.74) is 18.2. The molecule has 2 aromatic heterocycles. The fourth-order valence-corrected chi connectivity index (χ4v) is 10.4. The van der Waals surface area contributed by atoms with Gasteiger partial charge in [0.05, 0.1) is 5.41 Å². The quantitative estimate of drug-likeness (QED) is 0.174. The first-order valence-electron chi connectivity index (χ1n) is 21.7. The summed E-state index contributed by atoms with van der Waals surface area (Å²) in [6, 6.07) is 60.1. The summed E-state index contributed by atoms with van der Waals surface area (Å²) in [6.07, 6.45) is 13.8. The Morgan fingerprint density at radius 2 is 1.06 bits per heavy atom. The predicted octanol–water partition coefficient (Wildman–Crippen LogP) is 14.6. The van der Waals surface area contributed by atoms with Crippen LogP contribution < -0.4 is 0 Å². The highest BCUT2D eigenvalue weighted by Gasteiger charge is 2.54. The van der Waals surface area contributed by atoms with Crippen molar-refractivity contribution in [2.24, 2.45) is 5.92 Å². The average molecular weight is 808 g/mol.